The minimum atomic E-state index is -0.0358. The summed E-state index contributed by atoms with van der Waals surface area (Å²) in [6.07, 6.45) is 10.9. The van der Waals surface area contributed by atoms with E-state index in [2.05, 4.69) is 15.2 Å². The largest absolute Gasteiger partial charge is 0.348 e. The van der Waals surface area contributed by atoms with Crippen LogP contribution in [0, 0.1) is 5.92 Å². The van der Waals surface area contributed by atoms with Crippen molar-refractivity contribution in [3.8, 4) is 0 Å². The van der Waals surface area contributed by atoms with Gasteiger partial charge in [-0.25, -0.2) is 0 Å². The van der Waals surface area contributed by atoms with Gasteiger partial charge in [-0.1, -0.05) is 25.3 Å². The van der Waals surface area contributed by atoms with Crippen LogP contribution in [-0.2, 0) is 0 Å². The summed E-state index contributed by atoms with van der Waals surface area (Å²) in [5.41, 5.74) is 0.520. The highest BCUT2D eigenvalue weighted by molar-refractivity contribution is 5.92. The number of hydrogen-bond donors (Lipinski definition) is 1. The highest BCUT2D eigenvalue weighted by Gasteiger charge is 2.24. The van der Waals surface area contributed by atoms with Crippen molar-refractivity contribution in [1.29, 1.82) is 0 Å². The molecule has 1 N–H and O–H groups in total. The van der Waals surface area contributed by atoms with Crippen molar-refractivity contribution < 1.29 is 4.79 Å². The Kier molecular flexibility index (Phi) is 5.43. The predicted molar refractivity (Wildman–Crippen MR) is 87.7 cm³/mol. The van der Waals surface area contributed by atoms with E-state index >= 15 is 0 Å². The third-order valence-corrected chi connectivity index (χ3v) is 5.06. The summed E-state index contributed by atoms with van der Waals surface area (Å²) in [6.45, 7) is 3.49. The van der Waals surface area contributed by atoms with Crippen molar-refractivity contribution in [2.45, 2.75) is 51.0 Å². The number of rotatable bonds is 4. The normalized spacial score (nSPS) is 21.6. The van der Waals surface area contributed by atoms with E-state index in [4.69, 9.17) is 0 Å². The highest BCUT2D eigenvalue weighted by Crippen LogP contribution is 2.25. The predicted octanol–water partition coefficient (Wildman–Crippen LogP) is 2.86. The summed E-state index contributed by atoms with van der Waals surface area (Å²) >= 11 is 0. The second kappa shape index (κ2) is 7.73. The molecule has 2 fully saturated rings. The monoisotopic (exact) mass is 301 g/mol. The molecule has 1 aromatic heterocycles. The van der Waals surface area contributed by atoms with E-state index in [1.54, 1.807) is 12.3 Å². The van der Waals surface area contributed by atoms with Crippen molar-refractivity contribution in [3.63, 3.8) is 0 Å². The van der Waals surface area contributed by atoms with Gasteiger partial charge >= 0.3 is 0 Å². The molecule has 0 radical (unpaired) electrons. The van der Waals surface area contributed by atoms with Crippen LogP contribution in [0.5, 0.6) is 0 Å². The molecular weight excluding hydrogens is 274 g/mol. The lowest BCUT2D eigenvalue weighted by atomic mass is 9.88. The first-order chi connectivity index (χ1) is 10.8. The Labute approximate surface area is 133 Å². The van der Waals surface area contributed by atoms with Crippen molar-refractivity contribution >= 4 is 5.91 Å². The van der Waals surface area contributed by atoms with E-state index in [-0.39, 0.29) is 5.91 Å². The average Bonchev–Trinajstić information content (AvgIpc) is 2.58. The number of aromatic nitrogens is 1. The van der Waals surface area contributed by atoms with Crippen LogP contribution in [0.4, 0.5) is 0 Å². The van der Waals surface area contributed by atoms with Crippen molar-refractivity contribution in [1.82, 2.24) is 15.2 Å². The first-order valence-electron chi connectivity index (χ1n) is 8.75. The van der Waals surface area contributed by atoms with Gasteiger partial charge in [0.1, 0.15) is 5.69 Å². The van der Waals surface area contributed by atoms with Crippen LogP contribution in [0.25, 0.3) is 0 Å². The summed E-state index contributed by atoms with van der Waals surface area (Å²) in [7, 11) is 0. The van der Waals surface area contributed by atoms with Crippen LogP contribution in [0.15, 0.2) is 24.4 Å². The third-order valence-electron chi connectivity index (χ3n) is 5.06. The SMILES string of the molecule is O=C(NC1CCN(CC2CCCCC2)CC1)c1ccccn1. The Morgan fingerprint density at radius 1 is 1.14 bits per heavy atom. The van der Waals surface area contributed by atoms with E-state index in [0.29, 0.717) is 11.7 Å². The summed E-state index contributed by atoms with van der Waals surface area (Å²) in [4.78, 5) is 18.8. The lowest BCUT2D eigenvalue weighted by Crippen LogP contribution is -2.46. The van der Waals surface area contributed by atoms with Gasteiger partial charge in [0, 0.05) is 31.9 Å². The molecule has 0 unspecified atom stereocenters. The molecule has 0 spiro atoms. The van der Waals surface area contributed by atoms with Gasteiger partial charge in [0.05, 0.1) is 0 Å². The maximum Gasteiger partial charge on any atom is 0.270 e. The van der Waals surface area contributed by atoms with Crippen LogP contribution < -0.4 is 5.32 Å². The maximum atomic E-state index is 12.1. The van der Waals surface area contributed by atoms with Crippen molar-refractivity contribution in [3.05, 3.63) is 30.1 Å². The van der Waals surface area contributed by atoms with Gasteiger partial charge in [0.15, 0.2) is 0 Å². The lowest BCUT2D eigenvalue weighted by Gasteiger charge is -2.35. The molecule has 1 saturated carbocycles. The second-order valence-electron chi connectivity index (χ2n) is 6.77. The number of nitrogens with zero attached hydrogens (tertiary/aromatic N) is 2. The Hall–Kier alpha value is -1.42. The molecule has 3 rings (SSSR count). The maximum absolute atomic E-state index is 12.1. The molecule has 120 valence electrons. The van der Waals surface area contributed by atoms with E-state index in [1.165, 1.54) is 38.6 Å². The van der Waals surface area contributed by atoms with Gasteiger partial charge in [-0.3, -0.25) is 9.78 Å². The number of carbonyl (C=O) groups is 1. The highest BCUT2D eigenvalue weighted by atomic mass is 16.1. The molecule has 0 aromatic carbocycles. The zero-order chi connectivity index (χ0) is 15.2. The molecule has 4 heteroatoms. The zero-order valence-electron chi connectivity index (χ0n) is 13.3. The molecule has 2 aliphatic rings. The summed E-state index contributed by atoms with van der Waals surface area (Å²) < 4.78 is 0. The fraction of sp³-hybridized carbons (Fsp3) is 0.667. The van der Waals surface area contributed by atoms with Crippen molar-refractivity contribution in [2.75, 3.05) is 19.6 Å². The molecule has 22 heavy (non-hydrogen) atoms. The molecule has 1 saturated heterocycles. The molecule has 1 amide bonds. The summed E-state index contributed by atoms with van der Waals surface area (Å²) in [6, 6.07) is 5.76. The topological polar surface area (TPSA) is 45.2 Å². The number of piperidine rings is 1. The first-order valence-corrected chi connectivity index (χ1v) is 8.75. The Bertz CT molecular complexity index is 462. The van der Waals surface area contributed by atoms with E-state index < -0.39 is 0 Å². The van der Waals surface area contributed by atoms with Crippen LogP contribution in [0.3, 0.4) is 0 Å². The molecule has 2 heterocycles. The standard InChI is InChI=1S/C18H27N3O/c22-18(17-8-4-5-11-19-17)20-16-9-12-21(13-10-16)14-15-6-2-1-3-7-15/h4-5,8,11,15-16H,1-3,6-7,9-10,12-14H2,(H,20,22). The number of likely N-dealkylation sites (tertiary alicyclic amines) is 1. The minimum Gasteiger partial charge on any atom is -0.348 e. The van der Waals surface area contributed by atoms with Gasteiger partial charge in [-0.05, 0) is 43.7 Å². The lowest BCUT2D eigenvalue weighted by molar-refractivity contribution is 0.0896. The fourth-order valence-corrected chi connectivity index (χ4v) is 3.75. The Balaban J connectivity index is 1.41. The van der Waals surface area contributed by atoms with Crippen LogP contribution in [0.2, 0.25) is 0 Å². The average molecular weight is 301 g/mol. The molecule has 1 aliphatic heterocycles. The molecule has 4 nitrogen and oxygen atoms in total. The molecular formula is C18H27N3O. The number of pyridine rings is 1. The quantitative estimate of drug-likeness (QED) is 0.930. The van der Waals surface area contributed by atoms with Gasteiger partial charge in [-0.2, -0.15) is 0 Å². The van der Waals surface area contributed by atoms with Crippen LogP contribution in [-0.4, -0.2) is 41.5 Å². The zero-order valence-corrected chi connectivity index (χ0v) is 13.3. The number of hydrogen-bond acceptors (Lipinski definition) is 3. The van der Waals surface area contributed by atoms with Crippen LogP contribution in [0.1, 0.15) is 55.4 Å². The number of amides is 1. The van der Waals surface area contributed by atoms with Gasteiger partial charge < -0.3 is 10.2 Å². The molecule has 0 bridgehead atoms. The van der Waals surface area contributed by atoms with Crippen molar-refractivity contribution in [2.24, 2.45) is 5.92 Å². The Morgan fingerprint density at radius 3 is 2.59 bits per heavy atom. The third kappa shape index (κ3) is 4.29. The summed E-state index contributed by atoms with van der Waals surface area (Å²) in [5.74, 6) is 0.875. The number of nitrogens with one attached hydrogen (secondary N) is 1. The van der Waals surface area contributed by atoms with Crippen LogP contribution >= 0.6 is 0 Å². The second-order valence-corrected chi connectivity index (χ2v) is 6.77. The molecule has 1 aliphatic carbocycles. The van der Waals surface area contributed by atoms with E-state index in [0.717, 1.165) is 31.8 Å². The molecule has 0 atom stereocenters. The Morgan fingerprint density at radius 2 is 1.91 bits per heavy atom. The molecule has 1 aromatic rings. The van der Waals surface area contributed by atoms with E-state index in [1.807, 2.05) is 12.1 Å². The minimum absolute atomic E-state index is 0.0358. The first kappa shape index (κ1) is 15.5. The number of carbonyl (C=O) groups excluding carboxylic acids is 1. The van der Waals surface area contributed by atoms with E-state index in [9.17, 15) is 4.79 Å². The van der Waals surface area contributed by atoms with Gasteiger partial charge in [0.2, 0.25) is 0 Å². The summed E-state index contributed by atoms with van der Waals surface area (Å²) in [5, 5.41) is 3.13. The fourth-order valence-electron chi connectivity index (χ4n) is 3.75. The van der Waals surface area contributed by atoms with Gasteiger partial charge in [-0.15, -0.1) is 0 Å². The smallest absolute Gasteiger partial charge is 0.270 e. The van der Waals surface area contributed by atoms with Gasteiger partial charge in [0.25, 0.3) is 5.91 Å².